The number of likely N-dealkylation sites (tertiary alicyclic amines) is 1. The SMILES string of the molecule is CC(C)(C)c1nnc2ccc(N3CCCC(N4CCCC4)CC3)nn12. The molecule has 0 N–H and O–H groups in total. The molecule has 2 saturated heterocycles. The van der Waals surface area contributed by atoms with Gasteiger partial charge in [0.05, 0.1) is 0 Å². The lowest BCUT2D eigenvalue weighted by Crippen LogP contribution is -2.34. The molecule has 0 radical (unpaired) electrons. The van der Waals surface area contributed by atoms with Gasteiger partial charge in [-0.05, 0) is 57.3 Å². The van der Waals surface area contributed by atoms with Crippen molar-refractivity contribution in [3.05, 3.63) is 18.0 Å². The second kappa shape index (κ2) is 6.56. The highest BCUT2D eigenvalue weighted by Crippen LogP contribution is 2.25. The molecule has 4 rings (SSSR count). The Kier molecular flexibility index (Phi) is 4.40. The summed E-state index contributed by atoms with van der Waals surface area (Å²) in [7, 11) is 0. The van der Waals surface area contributed by atoms with Crippen LogP contribution < -0.4 is 4.90 Å². The highest BCUT2D eigenvalue weighted by atomic mass is 15.4. The average Bonchev–Trinajstić information content (AvgIpc) is 3.19. The fraction of sp³-hybridized carbons (Fsp3) is 0.737. The van der Waals surface area contributed by atoms with E-state index >= 15 is 0 Å². The van der Waals surface area contributed by atoms with Crippen LogP contribution in [0.4, 0.5) is 5.82 Å². The van der Waals surface area contributed by atoms with E-state index in [0.29, 0.717) is 0 Å². The Morgan fingerprint density at radius 1 is 0.920 bits per heavy atom. The van der Waals surface area contributed by atoms with E-state index in [1.54, 1.807) is 0 Å². The van der Waals surface area contributed by atoms with Gasteiger partial charge < -0.3 is 9.80 Å². The topological polar surface area (TPSA) is 49.6 Å². The van der Waals surface area contributed by atoms with Gasteiger partial charge in [0.2, 0.25) is 0 Å². The Hall–Kier alpha value is -1.69. The average molecular weight is 342 g/mol. The van der Waals surface area contributed by atoms with Crippen molar-refractivity contribution in [3.8, 4) is 0 Å². The van der Waals surface area contributed by atoms with E-state index < -0.39 is 0 Å². The zero-order chi connectivity index (χ0) is 17.4. The minimum absolute atomic E-state index is 0.0648. The third-order valence-electron chi connectivity index (χ3n) is 5.60. The molecular formula is C19H30N6. The Morgan fingerprint density at radius 3 is 2.48 bits per heavy atom. The Bertz CT molecular complexity index is 725. The standard InChI is InChI=1S/C19H30N6/c1-19(2,3)18-21-20-16-8-9-17(22-25(16)18)24-13-6-7-15(10-14-24)23-11-4-5-12-23/h8-9,15H,4-7,10-14H2,1-3H3. The van der Waals surface area contributed by atoms with Gasteiger partial charge in [0.25, 0.3) is 0 Å². The normalized spacial score (nSPS) is 23.3. The molecule has 6 nitrogen and oxygen atoms in total. The van der Waals surface area contributed by atoms with Crippen LogP contribution >= 0.6 is 0 Å². The predicted molar refractivity (Wildman–Crippen MR) is 100 cm³/mol. The summed E-state index contributed by atoms with van der Waals surface area (Å²) in [5, 5.41) is 13.5. The molecular weight excluding hydrogens is 312 g/mol. The Labute approximate surface area is 150 Å². The first-order valence-electron chi connectivity index (χ1n) is 9.74. The first-order valence-corrected chi connectivity index (χ1v) is 9.74. The molecule has 6 heteroatoms. The summed E-state index contributed by atoms with van der Waals surface area (Å²) in [6.07, 6.45) is 6.56. The maximum absolute atomic E-state index is 4.89. The predicted octanol–water partition coefficient (Wildman–Crippen LogP) is 2.88. The quantitative estimate of drug-likeness (QED) is 0.840. The summed E-state index contributed by atoms with van der Waals surface area (Å²) in [5.41, 5.74) is 0.767. The van der Waals surface area contributed by atoms with Gasteiger partial charge in [-0.25, -0.2) is 0 Å². The molecule has 1 atom stereocenters. The third kappa shape index (κ3) is 3.36. The molecule has 0 aliphatic carbocycles. The van der Waals surface area contributed by atoms with E-state index in [9.17, 15) is 0 Å². The van der Waals surface area contributed by atoms with Gasteiger partial charge in [-0.1, -0.05) is 20.8 Å². The number of rotatable bonds is 2. The van der Waals surface area contributed by atoms with Crippen LogP contribution in [-0.2, 0) is 5.41 Å². The van der Waals surface area contributed by atoms with Crippen LogP contribution in [0.2, 0.25) is 0 Å². The van der Waals surface area contributed by atoms with Crippen LogP contribution in [0.3, 0.4) is 0 Å². The van der Waals surface area contributed by atoms with E-state index in [4.69, 9.17) is 5.10 Å². The van der Waals surface area contributed by atoms with Crippen molar-refractivity contribution in [2.75, 3.05) is 31.1 Å². The zero-order valence-electron chi connectivity index (χ0n) is 15.8. The highest BCUT2D eigenvalue weighted by molar-refractivity contribution is 5.46. The van der Waals surface area contributed by atoms with E-state index in [0.717, 1.165) is 36.4 Å². The molecule has 0 spiro atoms. The first kappa shape index (κ1) is 16.8. The molecule has 0 aromatic carbocycles. The smallest absolute Gasteiger partial charge is 0.178 e. The van der Waals surface area contributed by atoms with Gasteiger partial charge in [0.15, 0.2) is 11.5 Å². The molecule has 1 unspecified atom stereocenters. The van der Waals surface area contributed by atoms with Crippen molar-refractivity contribution < 1.29 is 0 Å². The molecule has 2 aliphatic heterocycles. The number of hydrogen-bond donors (Lipinski definition) is 0. The van der Waals surface area contributed by atoms with Crippen molar-refractivity contribution in [1.29, 1.82) is 0 Å². The molecule has 2 fully saturated rings. The fourth-order valence-electron chi connectivity index (χ4n) is 4.20. The lowest BCUT2D eigenvalue weighted by molar-refractivity contribution is 0.225. The van der Waals surface area contributed by atoms with Crippen LogP contribution in [0.1, 0.15) is 58.7 Å². The van der Waals surface area contributed by atoms with Gasteiger partial charge in [0, 0.05) is 24.5 Å². The fourth-order valence-corrected chi connectivity index (χ4v) is 4.20. The molecule has 2 aromatic rings. The molecule has 4 heterocycles. The van der Waals surface area contributed by atoms with Crippen molar-refractivity contribution in [2.24, 2.45) is 0 Å². The van der Waals surface area contributed by atoms with Crippen molar-refractivity contribution in [2.45, 2.75) is 64.3 Å². The summed E-state index contributed by atoms with van der Waals surface area (Å²) in [5.74, 6) is 1.98. The maximum Gasteiger partial charge on any atom is 0.178 e. The summed E-state index contributed by atoms with van der Waals surface area (Å²) >= 11 is 0. The minimum atomic E-state index is -0.0648. The van der Waals surface area contributed by atoms with Crippen LogP contribution in [0, 0.1) is 0 Å². The monoisotopic (exact) mass is 342 g/mol. The third-order valence-corrected chi connectivity index (χ3v) is 5.60. The number of fused-ring (bicyclic) bond motifs is 1. The summed E-state index contributed by atoms with van der Waals surface area (Å²) in [6.45, 7) is 11.2. The van der Waals surface area contributed by atoms with E-state index in [1.807, 2.05) is 10.6 Å². The number of anilines is 1. The van der Waals surface area contributed by atoms with E-state index in [2.05, 4.69) is 46.8 Å². The summed E-state index contributed by atoms with van der Waals surface area (Å²) in [6, 6.07) is 4.91. The van der Waals surface area contributed by atoms with Crippen LogP contribution in [-0.4, -0.2) is 56.9 Å². The van der Waals surface area contributed by atoms with Gasteiger partial charge in [-0.15, -0.1) is 15.3 Å². The van der Waals surface area contributed by atoms with Crippen LogP contribution in [0.5, 0.6) is 0 Å². The molecule has 0 saturated carbocycles. The lowest BCUT2D eigenvalue weighted by atomic mass is 9.96. The van der Waals surface area contributed by atoms with Crippen LogP contribution in [0.15, 0.2) is 12.1 Å². The van der Waals surface area contributed by atoms with Crippen molar-refractivity contribution in [1.82, 2.24) is 24.7 Å². The van der Waals surface area contributed by atoms with Crippen molar-refractivity contribution >= 4 is 11.5 Å². The number of hydrogen-bond acceptors (Lipinski definition) is 5. The molecule has 2 aliphatic rings. The molecule has 2 aromatic heterocycles. The molecule has 136 valence electrons. The van der Waals surface area contributed by atoms with Gasteiger partial charge in [-0.3, -0.25) is 0 Å². The Morgan fingerprint density at radius 2 is 1.72 bits per heavy atom. The molecule has 0 bridgehead atoms. The van der Waals surface area contributed by atoms with Crippen molar-refractivity contribution in [3.63, 3.8) is 0 Å². The van der Waals surface area contributed by atoms with Gasteiger partial charge in [-0.2, -0.15) is 4.52 Å². The van der Waals surface area contributed by atoms with E-state index in [1.165, 1.54) is 45.2 Å². The highest BCUT2D eigenvalue weighted by Gasteiger charge is 2.26. The Balaban J connectivity index is 1.55. The first-order chi connectivity index (χ1) is 12.0. The van der Waals surface area contributed by atoms with Gasteiger partial charge >= 0.3 is 0 Å². The molecule has 0 amide bonds. The molecule has 25 heavy (non-hydrogen) atoms. The lowest BCUT2D eigenvalue weighted by Gasteiger charge is -2.26. The van der Waals surface area contributed by atoms with Gasteiger partial charge in [0.1, 0.15) is 5.82 Å². The number of nitrogens with zero attached hydrogens (tertiary/aromatic N) is 6. The maximum atomic E-state index is 4.89. The van der Waals surface area contributed by atoms with E-state index in [-0.39, 0.29) is 5.41 Å². The van der Waals surface area contributed by atoms with Crippen LogP contribution in [0.25, 0.3) is 5.65 Å². The second-order valence-electron chi connectivity index (χ2n) is 8.55. The number of aromatic nitrogens is 4. The minimum Gasteiger partial charge on any atom is -0.355 e. The summed E-state index contributed by atoms with van der Waals surface area (Å²) in [4.78, 5) is 5.15. The largest absolute Gasteiger partial charge is 0.355 e. The zero-order valence-corrected chi connectivity index (χ0v) is 15.8. The second-order valence-corrected chi connectivity index (χ2v) is 8.55. The summed E-state index contributed by atoms with van der Waals surface area (Å²) < 4.78 is 1.93.